The third kappa shape index (κ3) is 80.1. The Morgan fingerprint density at radius 3 is 0.642 bits per heavy atom. The molecule has 0 aliphatic heterocycles. The van der Waals surface area contributed by atoms with Crippen LogP contribution in [0.15, 0.2) is 0 Å². The van der Waals surface area contributed by atoms with Crippen molar-refractivity contribution in [2.45, 2.75) is 484 Å². The van der Waals surface area contributed by atoms with Gasteiger partial charge in [-0.1, -0.05) is 414 Å². The Hall–Kier alpha value is -1.94. The van der Waals surface area contributed by atoms with Gasteiger partial charge in [0.15, 0.2) is 12.2 Å². The number of carbonyl (C=O) groups excluding carboxylic acids is 4. The third-order valence-corrected chi connectivity index (χ3v) is 22.4. The van der Waals surface area contributed by atoms with Crippen molar-refractivity contribution in [3.63, 3.8) is 0 Å². The lowest BCUT2D eigenvalue weighted by Crippen LogP contribution is -2.30. The number of aliphatic hydroxyl groups is 1. The zero-order chi connectivity index (χ0) is 77.8. The van der Waals surface area contributed by atoms with Crippen LogP contribution in [0.3, 0.4) is 0 Å². The molecule has 0 aromatic carbocycles. The molecule has 5 atom stereocenters. The first kappa shape index (κ1) is 104. The van der Waals surface area contributed by atoms with Crippen molar-refractivity contribution in [1.29, 1.82) is 0 Å². The fourth-order valence-electron chi connectivity index (χ4n) is 13.6. The first-order valence-corrected chi connectivity index (χ1v) is 48.0. The summed E-state index contributed by atoms with van der Waals surface area (Å²) in [4.78, 5) is 73.3. The van der Waals surface area contributed by atoms with Gasteiger partial charge in [0.1, 0.15) is 19.3 Å². The Labute approximate surface area is 651 Å². The second-order valence-electron chi connectivity index (χ2n) is 32.2. The van der Waals surface area contributed by atoms with E-state index in [4.69, 9.17) is 37.0 Å². The number of phosphoric acid groups is 2. The minimum Gasteiger partial charge on any atom is -0.462 e. The smallest absolute Gasteiger partial charge is 0.462 e. The largest absolute Gasteiger partial charge is 0.472 e. The molecule has 0 aromatic rings. The summed E-state index contributed by atoms with van der Waals surface area (Å²) in [5.41, 5.74) is 0. The van der Waals surface area contributed by atoms with Gasteiger partial charge in [-0.3, -0.25) is 37.3 Å². The quantitative estimate of drug-likeness (QED) is 0.0222. The van der Waals surface area contributed by atoms with E-state index in [0.717, 1.165) is 102 Å². The molecule has 106 heavy (non-hydrogen) atoms. The van der Waals surface area contributed by atoms with Gasteiger partial charge in [0.25, 0.3) is 0 Å². The Kier molecular flexibility index (Phi) is 76.9. The minimum absolute atomic E-state index is 0.106. The molecule has 0 bridgehead atoms. The van der Waals surface area contributed by atoms with E-state index in [0.29, 0.717) is 25.7 Å². The van der Waals surface area contributed by atoms with E-state index in [9.17, 15) is 43.2 Å². The Morgan fingerprint density at radius 2 is 0.434 bits per heavy atom. The lowest BCUT2D eigenvalue weighted by molar-refractivity contribution is -0.161. The van der Waals surface area contributed by atoms with Crippen molar-refractivity contribution in [3.05, 3.63) is 0 Å². The molecule has 0 saturated carbocycles. The average Bonchev–Trinajstić information content (AvgIpc) is 0.907. The number of phosphoric ester groups is 2. The molecular formula is C87H170O17P2. The normalized spacial score (nSPS) is 13.8. The summed E-state index contributed by atoms with van der Waals surface area (Å²) in [5.74, 6) is -0.593. The molecule has 0 saturated heterocycles. The molecule has 0 fully saturated rings. The van der Waals surface area contributed by atoms with Crippen LogP contribution >= 0.6 is 15.6 Å². The predicted molar refractivity (Wildman–Crippen MR) is 437 cm³/mol. The van der Waals surface area contributed by atoms with Crippen molar-refractivity contribution in [3.8, 4) is 0 Å². The minimum atomic E-state index is -4.97. The molecule has 0 amide bonds. The lowest BCUT2D eigenvalue weighted by atomic mass is 10.0. The number of hydrogen-bond donors (Lipinski definition) is 3. The zero-order valence-corrected chi connectivity index (χ0v) is 71.5. The first-order valence-electron chi connectivity index (χ1n) is 45.0. The number of hydrogen-bond acceptors (Lipinski definition) is 15. The third-order valence-electron chi connectivity index (χ3n) is 20.5. The number of esters is 4. The second kappa shape index (κ2) is 78.3. The van der Waals surface area contributed by atoms with Gasteiger partial charge in [-0.05, 0) is 37.5 Å². The zero-order valence-electron chi connectivity index (χ0n) is 69.7. The molecule has 3 N–H and O–H groups in total. The van der Waals surface area contributed by atoms with E-state index in [1.54, 1.807) is 0 Å². The molecule has 0 radical (unpaired) electrons. The number of aliphatic hydroxyl groups excluding tert-OH is 1. The number of unbranched alkanes of at least 4 members (excludes halogenated alkanes) is 56. The van der Waals surface area contributed by atoms with Crippen LogP contribution in [0.5, 0.6) is 0 Å². The van der Waals surface area contributed by atoms with Crippen molar-refractivity contribution < 1.29 is 80.2 Å². The van der Waals surface area contributed by atoms with Gasteiger partial charge in [-0.15, -0.1) is 0 Å². The van der Waals surface area contributed by atoms with E-state index in [1.165, 1.54) is 283 Å². The number of carbonyl (C=O) groups is 4. The second-order valence-corrected chi connectivity index (χ2v) is 35.1. The van der Waals surface area contributed by atoms with Crippen LogP contribution in [0.2, 0.25) is 0 Å². The molecule has 0 aromatic heterocycles. The summed E-state index contributed by atoms with van der Waals surface area (Å²) in [6, 6.07) is 0. The SMILES string of the molecule is CCCCCCCCCCCCCCCCCCCCCCC(=O)OC[C@H](COP(=O)(O)OC[C@@H](O)COP(=O)(O)OC[C@@H](COC(=O)CCCCCCCCCCCC(C)C)OC(=O)CCCCCCCCCCCCCC(C)C)OC(=O)CCCCCCCCCCCCCCCCCCCCCC. The summed E-state index contributed by atoms with van der Waals surface area (Å²) in [6.45, 7) is 9.65. The summed E-state index contributed by atoms with van der Waals surface area (Å²) in [7, 11) is -9.93. The molecule has 0 aliphatic rings. The summed E-state index contributed by atoms with van der Waals surface area (Å²) in [5, 5.41) is 10.7. The highest BCUT2D eigenvalue weighted by Gasteiger charge is 2.30. The molecule has 630 valence electrons. The average molecular weight is 1550 g/mol. The van der Waals surface area contributed by atoms with Gasteiger partial charge in [0.2, 0.25) is 0 Å². The summed E-state index contributed by atoms with van der Waals surface area (Å²) < 4.78 is 68.9. The number of rotatable bonds is 86. The highest BCUT2D eigenvalue weighted by Crippen LogP contribution is 2.45. The molecule has 2 unspecified atom stereocenters. The maximum absolute atomic E-state index is 13.2. The van der Waals surface area contributed by atoms with Crippen LogP contribution < -0.4 is 0 Å². The van der Waals surface area contributed by atoms with Crippen molar-refractivity contribution in [1.82, 2.24) is 0 Å². The number of ether oxygens (including phenoxy) is 4. The Bertz CT molecular complexity index is 2030. The Morgan fingerprint density at radius 1 is 0.255 bits per heavy atom. The summed E-state index contributed by atoms with van der Waals surface area (Å²) in [6.07, 6.45) is 70.9. The van der Waals surface area contributed by atoms with E-state index in [2.05, 4.69) is 41.5 Å². The van der Waals surface area contributed by atoms with Gasteiger partial charge in [0.05, 0.1) is 26.4 Å². The maximum atomic E-state index is 13.2. The van der Waals surface area contributed by atoms with Crippen molar-refractivity contribution in [2.24, 2.45) is 11.8 Å². The van der Waals surface area contributed by atoms with Gasteiger partial charge in [-0.25, -0.2) is 9.13 Å². The first-order chi connectivity index (χ1) is 51.4. The fraction of sp³-hybridized carbons (Fsp3) is 0.954. The van der Waals surface area contributed by atoms with Gasteiger partial charge < -0.3 is 33.8 Å². The molecular weight excluding hydrogens is 1380 g/mol. The lowest BCUT2D eigenvalue weighted by Gasteiger charge is -2.21. The van der Waals surface area contributed by atoms with Crippen LogP contribution in [-0.4, -0.2) is 96.7 Å². The molecule has 0 aliphatic carbocycles. The Balaban J connectivity index is 5.24. The van der Waals surface area contributed by atoms with Crippen LogP contribution in [0.1, 0.15) is 465 Å². The molecule has 0 heterocycles. The predicted octanol–water partition coefficient (Wildman–Crippen LogP) is 26.6. The fourth-order valence-corrected chi connectivity index (χ4v) is 15.2. The molecule has 0 rings (SSSR count). The van der Waals surface area contributed by atoms with E-state index >= 15 is 0 Å². The van der Waals surface area contributed by atoms with Gasteiger partial charge >= 0.3 is 39.5 Å². The highest BCUT2D eigenvalue weighted by molar-refractivity contribution is 7.47. The highest BCUT2D eigenvalue weighted by atomic mass is 31.2. The van der Waals surface area contributed by atoms with Gasteiger partial charge in [-0.2, -0.15) is 0 Å². The van der Waals surface area contributed by atoms with Gasteiger partial charge in [0, 0.05) is 25.7 Å². The van der Waals surface area contributed by atoms with Crippen molar-refractivity contribution in [2.75, 3.05) is 39.6 Å². The van der Waals surface area contributed by atoms with Crippen LogP contribution in [0, 0.1) is 11.8 Å². The topological polar surface area (TPSA) is 237 Å². The van der Waals surface area contributed by atoms with Crippen molar-refractivity contribution >= 4 is 39.5 Å². The van der Waals surface area contributed by atoms with E-state index in [-0.39, 0.29) is 25.7 Å². The molecule has 0 spiro atoms. The van der Waals surface area contributed by atoms with Crippen LogP contribution in [0.25, 0.3) is 0 Å². The maximum Gasteiger partial charge on any atom is 0.472 e. The molecule has 17 nitrogen and oxygen atoms in total. The van der Waals surface area contributed by atoms with Crippen LogP contribution in [0.4, 0.5) is 0 Å². The van der Waals surface area contributed by atoms with E-state index < -0.39 is 97.5 Å². The van der Waals surface area contributed by atoms with Crippen LogP contribution in [-0.2, 0) is 65.4 Å². The standard InChI is InChI=1S/C87H170O17P2/c1-7-9-11-13-15-17-19-21-23-25-27-29-31-33-35-39-45-51-57-63-69-84(89)97-75-82(103-86(91)71-65-59-53-46-40-36-34-32-30-28-26-24-22-20-18-16-14-12-10-8-2)77-101-105(93,94)99-73-81(88)74-100-106(95,96)102-78-83(76-98-85(90)70-64-58-52-48-42-44-50-56-62-68-80(5)6)104-87(92)72-66-60-54-47-41-37-38-43-49-55-61-67-79(3)4/h79-83,88H,7-78H2,1-6H3,(H,93,94)(H,95,96)/t81-,82-,83-/m1/s1. The molecule has 19 heteroatoms. The van der Waals surface area contributed by atoms with E-state index in [1.807, 2.05) is 0 Å². The monoisotopic (exact) mass is 1550 g/mol. The summed E-state index contributed by atoms with van der Waals surface area (Å²) >= 11 is 0.